The molecule has 0 saturated carbocycles. The van der Waals surface area contributed by atoms with Gasteiger partial charge in [-0.25, -0.2) is 13.2 Å². The Bertz CT molecular complexity index is 1320. The SMILES string of the molecule is CCCCc1ccc2cc(-c3ccc(-c4cc(F)c(OC(F)(F)F)c(F)c4)c(F)c3)ccc2c1. The van der Waals surface area contributed by atoms with Crippen molar-refractivity contribution in [2.45, 2.75) is 32.5 Å². The third-order valence-corrected chi connectivity index (χ3v) is 5.55. The Labute approximate surface area is 192 Å². The Hall–Kier alpha value is -3.48. The molecule has 0 N–H and O–H groups in total. The number of fused-ring (bicyclic) bond motifs is 1. The number of unbranched alkanes of at least 4 members (excludes halogenated alkanes) is 1. The first kappa shape index (κ1) is 23.7. The van der Waals surface area contributed by atoms with Crippen molar-refractivity contribution < 1.29 is 31.1 Å². The van der Waals surface area contributed by atoms with Crippen molar-refractivity contribution in [3.8, 4) is 28.0 Å². The fourth-order valence-electron chi connectivity index (χ4n) is 3.87. The first-order valence-electron chi connectivity index (χ1n) is 10.7. The topological polar surface area (TPSA) is 9.23 Å². The smallest absolute Gasteiger partial charge is 0.399 e. The van der Waals surface area contributed by atoms with Crippen LogP contribution in [-0.4, -0.2) is 6.36 Å². The monoisotopic (exact) mass is 474 g/mol. The second-order valence-electron chi connectivity index (χ2n) is 8.01. The zero-order valence-corrected chi connectivity index (χ0v) is 18.1. The van der Waals surface area contributed by atoms with E-state index in [0.717, 1.165) is 35.6 Å². The van der Waals surface area contributed by atoms with E-state index >= 15 is 0 Å². The van der Waals surface area contributed by atoms with Gasteiger partial charge in [0, 0.05) is 5.56 Å². The molecule has 0 aliphatic carbocycles. The van der Waals surface area contributed by atoms with E-state index in [1.807, 2.05) is 24.3 Å². The molecule has 0 saturated heterocycles. The summed E-state index contributed by atoms with van der Waals surface area (Å²) in [4.78, 5) is 0. The molecule has 7 heteroatoms. The van der Waals surface area contributed by atoms with Crippen LogP contribution in [0.15, 0.2) is 66.7 Å². The number of benzene rings is 4. The maximum Gasteiger partial charge on any atom is 0.573 e. The molecule has 0 fully saturated rings. The quantitative estimate of drug-likeness (QED) is 0.254. The molecule has 0 aliphatic heterocycles. The molecule has 0 aromatic heterocycles. The summed E-state index contributed by atoms with van der Waals surface area (Å²) in [5.41, 5.74) is 2.17. The second kappa shape index (κ2) is 9.41. The molecule has 4 aromatic rings. The average molecular weight is 474 g/mol. The number of rotatable bonds is 6. The summed E-state index contributed by atoms with van der Waals surface area (Å²) < 4.78 is 83.4. The van der Waals surface area contributed by atoms with Crippen LogP contribution in [0, 0.1) is 17.5 Å². The van der Waals surface area contributed by atoms with E-state index in [-0.39, 0.29) is 11.1 Å². The Morgan fingerprint density at radius 3 is 1.91 bits per heavy atom. The predicted octanol–water partition coefficient (Wildman–Crippen LogP) is 8.83. The molecular weight excluding hydrogens is 454 g/mol. The van der Waals surface area contributed by atoms with Gasteiger partial charge in [-0.15, -0.1) is 13.2 Å². The van der Waals surface area contributed by atoms with Gasteiger partial charge < -0.3 is 4.74 Å². The molecular formula is C27H20F6O. The van der Waals surface area contributed by atoms with E-state index in [0.29, 0.717) is 17.7 Å². The lowest BCUT2D eigenvalue weighted by Crippen LogP contribution is -2.19. The van der Waals surface area contributed by atoms with Crippen LogP contribution in [0.3, 0.4) is 0 Å². The Morgan fingerprint density at radius 1 is 0.676 bits per heavy atom. The fraction of sp³-hybridized carbons (Fsp3) is 0.185. The van der Waals surface area contributed by atoms with E-state index < -0.39 is 29.6 Å². The third-order valence-electron chi connectivity index (χ3n) is 5.55. The summed E-state index contributed by atoms with van der Waals surface area (Å²) in [6, 6.07) is 17.3. The van der Waals surface area contributed by atoms with Gasteiger partial charge in [0.15, 0.2) is 11.6 Å². The van der Waals surface area contributed by atoms with Gasteiger partial charge in [-0.05, 0) is 70.1 Å². The minimum absolute atomic E-state index is 0.151. The van der Waals surface area contributed by atoms with Crippen LogP contribution in [-0.2, 0) is 6.42 Å². The first-order valence-corrected chi connectivity index (χ1v) is 10.7. The summed E-state index contributed by atoms with van der Waals surface area (Å²) in [5.74, 6) is -5.51. The molecule has 4 rings (SSSR count). The number of hydrogen-bond donors (Lipinski definition) is 0. The molecule has 0 bridgehead atoms. The minimum atomic E-state index is -5.26. The van der Waals surface area contributed by atoms with Gasteiger partial charge in [-0.3, -0.25) is 0 Å². The summed E-state index contributed by atoms with van der Waals surface area (Å²) in [5, 5.41) is 2.06. The normalized spacial score (nSPS) is 11.7. The minimum Gasteiger partial charge on any atom is -0.399 e. The highest BCUT2D eigenvalue weighted by atomic mass is 19.4. The molecule has 0 radical (unpaired) electrons. The van der Waals surface area contributed by atoms with E-state index in [2.05, 4.69) is 23.8 Å². The molecule has 0 aliphatic rings. The van der Waals surface area contributed by atoms with Crippen LogP contribution in [0.1, 0.15) is 25.3 Å². The van der Waals surface area contributed by atoms with E-state index in [9.17, 15) is 26.3 Å². The lowest BCUT2D eigenvalue weighted by Gasteiger charge is -2.13. The third kappa shape index (κ3) is 5.19. The fourth-order valence-corrected chi connectivity index (χ4v) is 3.87. The van der Waals surface area contributed by atoms with Crippen LogP contribution in [0.25, 0.3) is 33.0 Å². The summed E-state index contributed by atoms with van der Waals surface area (Å²) in [6.07, 6.45) is -2.03. The van der Waals surface area contributed by atoms with Crippen molar-refractivity contribution >= 4 is 10.8 Å². The molecule has 0 spiro atoms. The molecule has 0 atom stereocenters. The van der Waals surface area contributed by atoms with Gasteiger partial charge in [0.1, 0.15) is 5.82 Å². The molecule has 34 heavy (non-hydrogen) atoms. The second-order valence-corrected chi connectivity index (χ2v) is 8.01. The first-order chi connectivity index (χ1) is 16.1. The van der Waals surface area contributed by atoms with Crippen LogP contribution < -0.4 is 4.74 Å². The number of halogens is 6. The van der Waals surface area contributed by atoms with E-state index in [4.69, 9.17) is 0 Å². The highest BCUT2D eigenvalue weighted by molar-refractivity contribution is 5.88. The van der Waals surface area contributed by atoms with Crippen LogP contribution in [0.2, 0.25) is 0 Å². The van der Waals surface area contributed by atoms with Crippen molar-refractivity contribution in [1.82, 2.24) is 0 Å². The highest BCUT2D eigenvalue weighted by Gasteiger charge is 2.34. The lowest BCUT2D eigenvalue weighted by atomic mass is 9.96. The van der Waals surface area contributed by atoms with Gasteiger partial charge in [-0.1, -0.05) is 55.8 Å². The van der Waals surface area contributed by atoms with Gasteiger partial charge in [0.05, 0.1) is 0 Å². The van der Waals surface area contributed by atoms with Crippen LogP contribution in [0.5, 0.6) is 5.75 Å². The Kier molecular flexibility index (Phi) is 6.55. The molecule has 0 amide bonds. The van der Waals surface area contributed by atoms with Crippen LogP contribution in [0.4, 0.5) is 26.3 Å². The molecule has 4 aromatic carbocycles. The van der Waals surface area contributed by atoms with E-state index in [1.165, 1.54) is 17.7 Å². The van der Waals surface area contributed by atoms with Crippen molar-refractivity contribution in [1.29, 1.82) is 0 Å². The average Bonchev–Trinajstić information content (AvgIpc) is 2.78. The molecule has 0 unspecified atom stereocenters. The largest absolute Gasteiger partial charge is 0.573 e. The summed E-state index contributed by atoms with van der Waals surface area (Å²) >= 11 is 0. The Balaban J connectivity index is 1.64. The molecule has 1 nitrogen and oxygen atoms in total. The molecule has 0 heterocycles. The van der Waals surface area contributed by atoms with Crippen LogP contribution >= 0.6 is 0 Å². The maximum absolute atomic E-state index is 14.9. The maximum atomic E-state index is 14.9. The number of hydrogen-bond acceptors (Lipinski definition) is 1. The zero-order chi connectivity index (χ0) is 24.5. The predicted molar refractivity (Wildman–Crippen MR) is 120 cm³/mol. The van der Waals surface area contributed by atoms with Crippen molar-refractivity contribution in [2.75, 3.05) is 0 Å². The van der Waals surface area contributed by atoms with Gasteiger partial charge in [0.2, 0.25) is 5.75 Å². The number of aryl methyl sites for hydroxylation is 1. The standard InChI is InChI=1S/C27H20F6O/c1-2-3-4-16-5-6-18-12-19(8-7-17(18)11-16)20-9-10-22(23(28)13-20)21-14-24(29)26(25(30)15-21)34-27(31,32)33/h5-15H,2-4H2,1H3. The zero-order valence-electron chi connectivity index (χ0n) is 18.1. The Morgan fingerprint density at radius 2 is 1.26 bits per heavy atom. The van der Waals surface area contributed by atoms with Crippen molar-refractivity contribution in [3.05, 3.63) is 89.7 Å². The van der Waals surface area contributed by atoms with Gasteiger partial charge in [0.25, 0.3) is 0 Å². The van der Waals surface area contributed by atoms with Gasteiger partial charge in [-0.2, -0.15) is 0 Å². The number of alkyl halides is 3. The highest BCUT2D eigenvalue weighted by Crippen LogP contribution is 2.35. The van der Waals surface area contributed by atoms with Gasteiger partial charge >= 0.3 is 6.36 Å². The summed E-state index contributed by atoms with van der Waals surface area (Å²) in [7, 11) is 0. The molecule has 176 valence electrons. The van der Waals surface area contributed by atoms with Crippen molar-refractivity contribution in [3.63, 3.8) is 0 Å². The number of ether oxygens (including phenoxy) is 1. The summed E-state index contributed by atoms with van der Waals surface area (Å²) in [6.45, 7) is 2.14. The lowest BCUT2D eigenvalue weighted by molar-refractivity contribution is -0.276. The van der Waals surface area contributed by atoms with Crippen molar-refractivity contribution in [2.24, 2.45) is 0 Å². The van der Waals surface area contributed by atoms with E-state index in [1.54, 1.807) is 6.07 Å².